The normalized spacial score (nSPS) is 15.6. The van der Waals surface area contributed by atoms with Crippen molar-refractivity contribution in [2.24, 2.45) is 13.0 Å². The molecule has 1 fully saturated rings. The minimum absolute atomic E-state index is 0.0144. The van der Waals surface area contributed by atoms with Crippen molar-refractivity contribution in [1.82, 2.24) is 13.9 Å². The molecule has 35 heavy (non-hydrogen) atoms. The Morgan fingerprint density at radius 2 is 1.91 bits per heavy atom. The van der Waals surface area contributed by atoms with E-state index >= 15 is 0 Å². The van der Waals surface area contributed by atoms with E-state index in [2.05, 4.69) is 4.98 Å². The zero-order valence-corrected chi connectivity index (χ0v) is 20.2. The number of piperidine rings is 1. The Morgan fingerprint density at radius 3 is 2.63 bits per heavy atom. The Kier molecular flexibility index (Phi) is 5.94. The molecule has 3 heterocycles. The monoisotopic (exact) mass is 495 g/mol. The number of hydrogen-bond acceptors (Lipinski definition) is 7. The summed E-state index contributed by atoms with van der Waals surface area (Å²) in [5.74, 6) is -0.218. The molecule has 1 saturated heterocycles. The van der Waals surface area contributed by atoms with Crippen LogP contribution in [0.4, 0.5) is 0 Å². The topological polar surface area (TPSA) is 112 Å². The molecule has 0 N–H and O–H groups in total. The van der Waals surface area contributed by atoms with Crippen LogP contribution in [0.3, 0.4) is 0 Å². The Hall–Kier alpha value is -3.50. The molecule has 4 aromatic rings. The number of rotatable bonds is 5. The zero-order chi connectivity index (χ0) is 24.7. The number of aromatic nitrogens is 2. The summed E-state index contributed by atoms with van der Waals surface area (Å²) in [6, 6.07) is 12.7. The summed E-state index contributed by atoms with van der Waals surface area (Å²) in [6.07, 6.45) is 2.20. The van der Waals surface area contributed by atoms with Crippen LogP contribution in [0.25, 0.3) is 21.7 Å². The Balaban J connectivity index is 1.29. The summed E-state index contributed by atoms with van der Waals surface area (Å²) in [5, 5.41) is 2.64. The molecule has 10 heteroatoms. The van der Waals surface area contributed by atoms with E-state index in [9.17, 15) is 18.0 Å². The lowest BCUT2D eigenvalue weighted by atomic mass is 9.98. The van der Waals surface area contributed by atoms with Crippen LogP contribution in [0, 0.1) is 12.8 Å². The van der Waals surface area contributed by atoms with E-state index in [1.54, 1.807) is 24.6 Å². The van der Waals surface area contributed by atoms with Crippen LogP contribution >= 0.6 is 0 Å². The third-order valence-electron chi connectivity index (χ3n) is 6.56. The van der Waals surface area contributed by atoms with Gasteiger partial charge >= 0.3 is 11.6 Å². The molecule has 2 aromatic carbocycles. The third-order valence-corrected chi connectivity index (χ3v) is 8.33. The van der Waals surface area contributed by atoms with Crippen LogP contribution in [0.5, 0.6) is 0 Å². The number of hydrogen-bond donors (Lipinski definition) is 0. The maximum atomic E-state index is 12.9. The first kappa shape index (κ1) is 23.3. The van der Waals surface area contributed by atoms with Gasteiger partial charge in [-0.05, 0) is 36.6 Å². The maximum absolute atomic E-state index is 12.9. The van der Waals surface area contributed by atoms with Gasteiger partial charge in [0.2, 0.25) is 0 Å². The van der Waals surface area contributed by atoms with Gasteiger partial charge in [0.1, 0.15) is 18.0 Å². The molecule has 0 radical (unpaired) electrons. The van der Waals surface area contributed by atoms with Gasteiger partial charge < -0.3 is 13.7 Å². The SMILES string of the molecule is Cc1nc(S(=O)(=O)N2CCC(C(=O)OCc3cc(=O)oc4ccc5ccccc5c34)CC2)cn1C. The van der Waals surface area contributed by atoms with Gasteiger partial charge in [-0.1, -0.05) is 30.3 Å². The highest BCUT2D eigenvalue weighted by Crippen LogP contribution is 2.29. The molecule has 0 atom stereocenters. The lowest BCUT2D eigenvalue weighted by Crippen LogP contribution is -2.40. The second-order valence-corrected chi connectivity index (χ2v) is 10.7. The number of imidazole rings is 1. The molecule has 0 unspecified atom stereocenters. The number of fused-ring (bicyclic) bond motifs is 3. The summed E-state index contributed by atoms with van der Waals surface area (Å²) in [4.78, 5) is 29.0. The second kappa shape index (κ2) is 8.94. The van der Waals surface area contributed by atoms with E-state index in [4.69, 9.17) is 9.15 Å². The van der Waals surface area contributed by atoms with Crippen LogP contribution in [0.1, 0.15) is 24.2 Å². The van der Waals surface area contributed by atoms with Crippen LogP contribution in [0.2, 0.25) is 0 Å². The zero-order valence-electron chi connectivity index (χ0n) is 19.4. The Labute approximate surface area is 202 Å². The smallest absolute Gasteiger partial charge is 0.336 e. The van der Waals surface area contributed by atoms with Gasteiger partial charge in [0.15, 0.2) is 5.03 Å². The standard InChI is InChI=1S/C25H25N3O6S/c1-16-26-22(14-27(16)2)35(31,32)28-11-9-18(10-12-28)25(30)33-15-19-13-23(29)34-21-8-7-17-5-3-4-6-20(17)24(19)21/h3-8,13-14,18H,9-12,15H2,1-2H3. The Morgan fingerprint density at radius 1 is 1.17 bits per heavy atom. The lowest BCUT2D eigenvalue weighted by Gasteiger charge is -2.29. The minimum Gasteiger partial charge on any atom is -0.461 e. The predicted molar refractivity (Wildman–Crippen MR) is 129 cm³/mol. The average Bonchev–Trinajstić information content (AvgIpc) is 3.20. The molecule has 0 aliphatic carbocycles. The summed E-state index contributed by atoms with van der Waals surface area (Å²) in [7, 11) is -1.97. The first-order valence-corrected chi connectivity index (χ1v) is 12.8. The fourth-order valence-corrected chi connectivity index (χ4v) is 6.01. The van der Waals surface area contributed by atoms with Gasteiger partial charge in [-0.2, -0.15) is 4.31 Å². The van der Waals surface area contributed by atoms with Gasteiger partial charge in [0.25, 0.3) is 10.0 Å². The molecule has 0 amide bonds. The number of nitrogens with zero attached hydrogens (tertiary/aromatic N) is 3. The first-order valence-electron chi connectivity index (χ1n) is 11.4. The summed E-state index contributed by atoms with van der Waals surface area (Å²) < 4.78 is 39.8. The van der Waals surface area contributed by atoms with Crippen molar-refractivity contribution in [2.45, 2.75) is 31.4 Å². The van der Waals surface area contributed by atoms with Crippen molar-refractivity contribution in [3.8, 4) is 0 Å². The van der Waals surface area contributed by atoms with Crippen molar-refractivity contribution in [3.63, 3.8) is 0 Å². The van der Waals surface area contributed by atoms with Crippen molar-refractivity contribution < 1.29 is 22.4 Å². The second-order valence-electron chi connectivity index (χ2n) is 8.77. The highest BCUT2D eigenvalue weighted by molar-refractivity contribution is 7.89. The fourth-order valence-electron chi connectivity index (χ4n) is 4.52. The molecule has 1 aliphatic rings. The van der Waals surface area contributed by atoms with Gasteiger partial charge in [-0.25, -0.2) is 18.2 Å². The molecule has 2 aromatic heterocycles. The molecule has 9 nitrogen and oxygen atoms in total. The molecule has 0 bridgehead atoms. The summed E-state index contributed by atoms with van der Waals surface area (Å²) in [5.41, 5.74) is 0.500. The van der Waals surface area contributed by atoms with Crippen LogP contribution in [-0.4, -0.2) is 41.3 Å². The number of aryl methyl sites for hydroxylation is 2. The van der Waals surface area contributed by atoms with E-state index in [0.29, 0.717) is 29.8 Å². The summed E-state index contributed by atoms with van der Waals surface area (Å²) in [6.45, 7) is 2.09. The largest absolute Gasteiger partial charge is 0.461 e. The highest BCUT2D eigenvalue weighted by Gasteiger charge is 2.34. The van der Waals surface area contributed by atoms with Crippen molar-refractivity contribution in [2.75, 3.05) is 13.1 Å². The highest BCUT2D eigenvalue weighted by atomic mass is 32.2. The molecule has 5 rings (SSSR count). The van der Waals surface area contributed by atoms with Crippen LogP contribution < -0.4 is 5.63 Å². The third kappa shape index (κ3) is 4.35. The molecular formula is C25H25N3O6S. The number of ether oxygens (including phenoxy) is 1. The van der Waals surface area contributed by atoms with Crippen molar-refractivity contribution in [3.05, 3.63) is 70.5 Å². The molecule has 0 saturated carbocycles. The van der Waals surface area contributed by atoms with E-state index < -0.39 is 27.5 Å². The number of benzene rings is 2. The molecule has 182 valence electrons. The maximum Gasteiger partial charge on any atom is 0.336 e. The minimum atomic E-state index is -3.71. The fraction of sp³-hybridized carbons (Fsp3) is 0.320. The predicted octanol–water partition coefficient (Wildman–Crippen LogP) is 3.13. The number of esters is 1. The average molecular weight is 496 g/mol. The van der Waals surface area contributed by atoms with E-state index in [-0.39, 0.29) is 24.7 Å². The van der Waals surface area contributed by atoms with Crippen molar-refractivity contribution >= 4 is 37.7 Å². The number of carbonyl (C=O) groups is 1. The van der Waals surface area contributed by atoms with Gasteiger partial charge in [-0.3, -0.25) is 4.79 Å². The Bertz CT molecular complexity index is 1580. The first-order chi connectivity index (χ1) is 16.7. The van der Waals surface area contributed by atoms with Crippen molar-refractivity contribution in [1.29, 1.82) is 0 Å². The molecule has 0 spiro atoms. The van der Waals surface area contributed by atoms with Gasteiger partial charge in [0.05, 0.1) is 5.92 Å². The number of carbonyl (C=O) groups excluding carboxylic acids is 1. The number of sulfonamides is 1. The quantitative estimate of drug-likeness (QED) is 0.238. The van der Waals surface area contributed by atoms with E-state index in [1.807, 2.05) is 30.3 Å². The van der Waals surface area contributed by atoms with Gasteiger partial charge in [0, 0.05) is 43.4 Å². The lowest BCUT2D eigenvalue weighted by molar-refractivity contribution is -0.151. The van der Waals surface area contributed by atoms with Crippen LogP contribution in [-0.2, 0) is 33.2 Å². The van der Waals surface area contributed by atoms with E-state index in [0.717, 1.165) is 16.2 Å². The molecule has 1 aliphatic heterocycles. The van der Waals surface area contributed by atoms with Gasteiger partial charge in [-0.15, -0.1) is 0 Å². The molecular weight excluding hydrogens is 470 g/mol. The van der Waals surface area contributed by atoms with E-state index in [1.165, 1.54) is 16.6 Å². The van der Waals surface area contributed by atoms with Crippen LogP contribution in [0.15, 0.2) is 62.9 Å². The summed E-state index contributed by atoms with van der Waals surface area (Å²) >= 11 is 0.